The van der Waals surface area contributed by atoms with Crippen LogP contribution in [0.4, 0.5) is 0 Å². The van der Waals surface area contributed by atoms with Gasteiger partial charge in [0.25, 0.3) is 0 Å². The molecule has 0 spiro atoms. The molecule has 2 heteroatoms. The maximum absolute atomic E-state index is 3.47. The summed E-state index contributed by atoms with van der Waals surface area (Å²) in [5.74, 6) is 0. The predicted octanol–water partition coefficient (Wildman–Crippen LogP) is 1.57. The zero-order chi connectivity index (χ0) is 9.49. The van der Waals surface area contributed by atoms with E-state index in [2.05, 4.69) is 46.5 Å². The van der Waals surface area contributed by atoms with Crippen LogP contribution in [0.5, 0.6) is 0 Å². The third-order valence-corrected chi connectivity index (χ3v) is 1.29. The van der Waals surface area contributed by atoms with Gasteiger partial charge < -0.3 is 5.32 Å². The van der Waals surface area contributed by atoms with E-state index >= 15 is 0 Å². The van der Waals surface area contributed by atoms with Gasteiger partial charge in [-0.25, -0.2) is 0 Å². The van der Waals surface area contributed by atoms with Gasteiger partial charge in [-0.05, 0) is 44.4 Å². The monoisotopic (exact) mass is 175 g/mol. The summed E-state index contributed by atoms with van der Waals surface area (Å²) in [7, 11) is 1.31. The van der Waals surface area contributed by atoms with Gasteiger partial charge in [0.1, 0.15) is 0 Å². The minimum absolute atomic E-state index is 0.273. The molecule has 11 heavy (non-hydrogen) atoms. The van der Waals surface area contributed by atoms with E-state index < -0.39 is 0 Å². The Morgan fingerprint density at radius 2 is 1.64 bits per heavy atom. The van der Waals surface area contributed by atoms with Gasteiger partial charge in [-0.2, -0.15) is 0 Å². The topological polar surface area (TPSA) is 12.0 Å². The van der Waals surface area contributed by atoms with E-state index in [1.54, 1.807) is 0 Å². The molecular formula is C9H25NSi. The van der Waals surface area contributed by atoms with Gasteiger partial charge in [-0.15, -0.1) is 0 Å². The van der Waals surface area contributed by atoms with Crippen LogP contribution in [-0.2, 0) is 0 Å². The molecule has 0 saturated carbocycles. The Morgan fingerprint density at radius 1 is 1.27 bits per heavy atom. The van der Waals surface area contributed by atoms with E-state index in [9.17, 15) is 0 Å². The maximum Gasteiger partial charge on any atom is 0.00989 e. The van der Waals surface area contributed by atoms with Crippen LogP contribution in [0, 0.1) is 0 Å². The third kappa shape index (κ3) is 13.2. The van der Waals surface area contributed by atoms with Crippen molar-refractivity contribution in [2.24, 2.45) is 0 Å². The quantitative estimate of drug-likeness (QED) is 0.628. The van der Waals surface area contributed by atoms with Gasteiger partial charge in [-0.1, -0.05) is 13.5 Å². The van der Waals surface area contributed by atoms with Crippen molar-refractivity contribution in [2.45, 2.75) is 59.2 Å². The molecule has 0 fully saturated rings. The molecule has 0 radical (unpaired) electrons. The summed E-state index contributed by atoms with van der Waals surface area (Å²) in [6, 6.07) is 0.644. The van der Waals surface area contributed by atoms with Crippen molar-refractivity contribution in [3.8, 4) is 0 Å². The average molecular weight is 175 g/mol. The van der Waals surface area contributed by atoms with Gasteiger partial charge in [0.2, 0.25) is 0 Å². The normalized spacial score (nSPS) is 13.6. The van der Waals surface area contributed by atoms with Gasteiger partial charge >= 0.3 is 0 Å². The van der Waals surface area contributed by atoms with E-state index in [4.69, 9.17) is 0 Å². The van der Waals surface area contributed by atoms with Crippen molar-refractivity contribution in [2.75, 3.05) is 0 Å². The smallest absolute Gasteiger partial charge is 0.00989 e. The maximum atomic E-state index is 3.47. The van der Waals surface area contributed by atoms with Crippen LogP contribution >= 0.6 is 0 Å². The first-order chi connectivity index (χ1) is 4.95. The van der Waals surface area contributed by atoms with Gasteiger partial charge in [-0.3, -0.25) is 0 Å². The molecule has 0 aliphatic rings. The Bertz CT molecular complexity index is 76.1. The second-order valence-corrected chi connectivity index (χ2v) is 3.70. The zero-order valence-corrected chi connectivity index (χ0v) is 11.3. The summed E-state index contributed by atoms with van der Waals surface area (Å²) < 4.78 is 0. The molecule has 1 atom stereocenters. The summed E-state index contributed by atoms with van der Waals surface area (Å²) in [5.41, 5.74) is 0.273. The van der Waals surface area contributed by atoms with Crippen molar-refractivity contribution in [3.63, 3.8) is 0 Å². The van der Waals surface area contributed by atoms with Crippen LogP contribution in [-0.4, -0.2) is 21.8 Å². The Hall–Kier alpha value is 0.177. The lowest BCUT2D eigenvalue weighted by Crippen LogP contribution is -2.41. The van der Waals surface area contributed by atoms with E-state index in [1.165, 1.54) is 16.7 Å². The highest BCUT2D eigenvalue weighted by Gasteiger charge is 2.10. The van der Waals surface area contributed by atoms with E-state index in [0.717, 1.165) is 0 Å². The summed E-state index contributed by atoms with van der Waals surface area (Å²) >= 11 is 0. The third-order valence-electron chi connectivity index (χ3n) is 1.29. The molecule has 0 rings (SSSR count). The second kappa shape index (κ2) is 6.86. The minimum atomic E-state index is 0.273. The largest absolute Gasteiger partial charge is 0.310 e. The molecule has 0 aromatic heterocycles. The molecule has 1 N–H and O–H groups in total. The first-order valence-electron chi connectivity index (χ1n) is 4.73. The van der Waals surface area contributed by atoms with Crippen LogP contribution in [0.1, 0.15) is 41.0 Å². The molecule has 1 unspecified atom stereocenters. The van der Waals surface area contributed by atoms with E-state index in [0.29, 0.717) is 6.04 Å². The molecule has 0 saturated heterocycles. The molecule has 0 aromatic carbocycles. The van der Waals surface area contributed by atoms with Gasteiger partial charge in [0, 0.05) is 11.6 Å². The van der Waals surface area contributed by atoms with Gasteiger partial charge in [0.15, 0.2) is 0 Å². The number of hydrogen-bond acceptors (Lipinski definition) is 1. The fourth-order valence-corrected chi connectivity index (χ4v) is 0.841. The molecule has 1 nitrogen and oxygen atoms in total. The molecule has 0 aliphatic carbocycles. The lowest BCUT2D eigenvalue weighted by molar-refractivity contribution is 0.367. The highest BCUT2D eigenvalue weighted by Crippen LogP contribution is 2.02. The van der Waals surface area contributed by atoms with Crippen molar-refractivity contribution in [1.29, 1.82) is 0 Å². The first-order valence-corrected chi connectivity index (χ1v) is 6.73. The Balaban J connectivity index is 0. The highest BCUT2D eigenvalue weighted by molar-refractivity contribution is 6.05. The fourth-order valence-electron chi connectivity index (χ4n) is 0.841. The van der Waals surface area contributed by atoms with Crippen LogP contribution in [0.3, 0.4) is 0 Å². The van der Waals surface area contributed by atoms with E-state index in [1.807, 2.05) is 0 Å². The Labute approximate surface area is 75.4 Å². The standard InChI is InChI=1S/C8H19N.CH6Si/c1-6-7(2)9-8(3,4)5;1-2/h7,9H,6H2,1-5H3;1-2H3. The molecular weight excluding hydrogens is 150 g/mol. The van der Waals surface area contributed by atoms with Gasteiger partial charge in [0.05, 0.1) is 0 Å². The lowest BCUT2D eigenvalue weighted by Gasteiger charge is -2.25. The fraction of sp³-hybridized carbons (Fsp3) is 1.00. The first kappa shape index (κ1) is 13.7. The molecule has 0 bridgehead atoms. The van der Waals surface area contributed by atoms with Crippen LogP contribution in [0.15, 0.2) is 0 Å². The number of nitrogens with one attached hydrogen (secondary N) is 1. The lowest BCUT2D eigenvalue weighted by atomic mass is 10.1. The van der Waals surface area contributed by atoms with Crippen LogP contribution in [0.2, 0.25) is 6.55 Å². The Morgan fingerprint density at radius 3 is 1.73 bits per heavy atom. The molecule has 0 heterocycles. The predicted molar refractivity (Wildman–Crippen MR) is 58.4 cm³/mol. The van der Waals surface area contributed by atoms with Crippen molar-refractivity contribution < 1.29 is 0 Å². The summed E-state index contributed by atoms with van der Waals surface area (Å²) in [6.07, 6.45) is 1.21. The van der Waals surface area contributed by atoms with E-state index in [-0.39, 0.29) is 5.54 Å². The summed E-state index contributed by atoms with van der Waals surface area (Å²) in [4.78, 5) is 0. The van der Waals surface area contributed by atoms with Crippen molar-refractivity contribution in [1.82, 2.24) is 5.32 Å². The number of hydrogen-bond donors (Lipinski definition) is 1. The van der Waals surface area contributed by atoms with Crippen LogP contribution in [0.25, 0.3) is 0 Å². The molecule has 0 aliphatic heterocycles. The van der Waals surface area contributed by atoms with Crippen molar-refractivity contribution >= 4 is 10.2 Å². The summed E-state index contributed by atoms with van der Waals surface area (Å²) in [6.45, 7) is 13.1. The zero-order valence-electron chi connectivity index (χ0n) is 9.28. The summed E-state index contributed by atoms with van der Waals surface area (Å²) in [5, 5.41) is 3.47. The van der Waals surface area contributed by atoms with Crippen molar-refractivity contribution in [3.05, 3.63) is 0 Å². The second-order valence-electron chi connectivity index (χ2n) is 3.70. The van der Waals surface area contributed by atoms with Crippen LogP contribution < -0.4 is 5.32 Å². The molecule has 0 amide bonds. The molecule has 70 valence electrons. The SMILES string of the molecule is CCC(C)NC(C)(C)C.C[SiH3]. The Kier molecular flexibility index (Phi) is 8.57. The average Bonchev–Trinajstić information content (AvgIpc) is 1.89. The minimum Gasteiger partial charge on any atom is -0.310 e. The highest BCUT2D eigenvalue weighted by atomic mass is 28.1. The number of rotatable bonds is 2. The molecule has 0 aromatic rings.